The second-order valence-electron chi connectivity index (χ2n) is 13.1. The van der Waals surface area contributed by atoms with Gasteiger partial charge in [-0.3, -0.25) is 0 Å². The summed E-state index contributed by atoms with van der Waals surface area (Å²) in [7, 11) is 0. The van der Waals surface area contributed by atoms with Crippen LogP contribution in [0.25, 0.3) is 0 Å². The lowest BCUT2D eigenvalue weighted by Crippen LogP contribution is -2.50. The van der Waals surface area contributed by atoms with Gasteiger partial charge in [-0.2, -0.15) is 0 Å². The van der Waals surface area contributed by atoms with Crippen LogP contribution < -0.4 is 0 Å². The molecule has 4 aliphatic carbocycles. The van der Waals surface area contributed by atoms with Crippen LogP contribution in [-0.4, -0.2) is 11.2 Å². The van der Waals surface area contributed by atoms with E-state index in [0.29, 0.717) is 16.7 Å². The lowest BCUT2D eigenvalue weighted by atomic mass is 9.47. The van der Waals surface area contributed by atoms with Crippen molar-refractivity contribution >= 4 is 0 Å². The Morgan fingerprint density at radius 3 is 2.52 bits per heavy atom. The van der Waals surface area contributed by atoms with Gasteiger partial charge in [0.1, 0.15) is 0 Å². The Balaban J connectivity index is 1.49. The maximum Gasteiger partial charge on any atom is 0.0577 e. The zero-order valence-electron chi connectivity index (χ0n) is 21.6. The van der Waals surface area contributed by atoms with Crippen molar-refractivity contribution in [2.75, 3.05) is 0 Å². The molecule has 176 valence electrons. The Kier molecular flexibility index (Phi) is 6.59. The first-order valence-corrected chi connectivity index (χ1v) is 13.6. The van der Waals surface area contributed by atoms with Crippen LogP contribution >= 0.6 is 0 Å². The maximum atomic E-state index is 10.3. The van der Waals surface area contributed by atoms with E-state index in [2.05, 4.69) is 60.6 Å². The zero-order valence-corrected chi connectivity index (χ0v) is 21.6. The van der Waals surface area contributed by atoms with Crippen LogP contribution in [0.1, 0.15) is 106 Å². The fraction of sp³-hybridized carbons (Fsp3) is 0.867. The number of fused-ring (bicyclic) bond motifs is 5. The van der Waals surface area contributed by atoms with Crippen molar-refractivity contribution in [2.45, 2.75) is 112 Å². The van der Waals surface area contributed by atoms with Crippen molar-refractivity contribution in [1.29, 1.82) is 0 Å². The summed E-state index contributed by atoms with van der Waals surface area (Å²) in [4.78, 5) is 0. The summed E-state index contributed by atoms with van der Waals surface area (Å²) in [6.45, 7) is 17.2. The highest BCUT2D eigenvalue weighted by Crippen LogP contribution is 2.67. The standard InChI is InChI=1S/C30H50O/c1-19(2)22(5)20(3)8-9-21(4)26-12-13-27-25-11-10-23-18-24(31)14-16-29(23,6)28(25)15-17-30(26,27)7/h8,10,19,21-22,24-28,31H,9,11-18H2,1-7H3/b20-8+. The Bertz CT molecular complexity index is 716. The van der Waals surface area contributed by atoms with Gasteiger partial charge < -0.3 is 5.11 Å². The highest BCUT2D eigenvalue weighted by atomic mass is 16.3. The van der Waals surface area contributed by atoms with Gasteiger partial charge in [-0.15, -0.1) is 0 Å². The number of aliphatic hydroxyl groups excluding tert-OH is 1. The van der Waals surface area contributed by atoms with Gasteiger partial charge in [0.15, 0.2) is 0 Å². The molecule has 4 rings (SSSR count). The average molecular weight is 427 g/mol. The van der Waals surface area contributed by atoms with Gasteiger partial charge in [-0.1, -0.05) is 64.8 Å². The summed E-state index contributed by atoms with van der Waals surface area (Å²) < 4.78 is 0. The summed E-state index contributed by atoms with van der Waals surface area (Å²) in [5.41, 5.74) is 4.13. The molecule has 0 spiro atoms. The van der Waals surface area contributed by atoms with Gasteiger partial charge >= 0.3 is 0 Å². The van der Waals surface area contributed by atoms with Crippen molar-refractivity contribution in [1.82, 2.24) is 0 Å². The molecule has 0 radical (unpaired) electrons. The fourth-order valence-electron chi connectivity index (χ4n) is 8.86. The van der Waals surface area contributed by atoms with E-state index in [1.54, 1.807) is 11.1 Å². The van der Waals surface area contributed by atoms with Gasteiger partial charge in [0.05, 0.1) is 6.10 Å². The van der Waals surface area contributed by atoms with E-state index >= 15 is 0 Å². The minimum absolute atomic E-state index is 0.0867. The van der Waals surface area contributed by atoms with E-state index in [1.807, 2.05) is 0 Å². The topological polar surface area (TPSA) is 20.2 Å². The van der Waals surface area contributed by atoms with Gasteiger partial charge in [0.25, 0.3) is 0 Å². The predicted molar refractivity (Wildman–Crippen MR) is 133 cm³/mol. The van der Waals surface area contributed by atoms with Gasteiger partial charge in [0.2, 0.25) is 0 Å². The Hall–Kier alpha value is -0.560. The molecular formula is C30H50O. The first kappa shape index (κ1) is 23.6. The van der Waals surface area contributed by atoms with Gasteiger partial charge in [0, 0.05) is 0 Å². The molecule has 0 aliphatic heterocycles. The monoisotopic (exact) mass is 426 g/mol. The highest BCUT2D eigenvalue weighted by molar-refractivity contribution is 5.25. The van der Waals surface area contributed by atoms with Crippen molar-refractivity contribution in [3.63, 3.8) is 0 Å². The second kappa shape index (κ2) is 8.66. The SMILES string of the molecule is C/C(=C\CC(C)C1CCC2C3CC=C4CC(O)CCC4(C)C3CCC12C)C(C)C(C)C. The number of hydrogen-bond acceptors (Lipinski definition) is 1. The molecule has 0 heterocycles. The number of allylic oxidation sites excluding steroid dienone is 3. The van der Waals surface area contributed by atoms with Crippen LogP contribution in [0.2, 0.25) is 0 Å². The molecule has 9 unspecified atom stereocenters. The normalized spacial score (nSPS) is 44.9. The smallest absolute Gasteiger partial charge is 0.0577 e. The number of aliphatic hydroxyl groups is 1. The molecule has 3 fully saturated rings. The third kappa shape index (κ3) is 4.00. The molecule has 3 saturated carbocycles. The number of rotatable bonds is 5. The fourth-order valence-corrected chi connectivity index (χ4v) is 8.86. The average Bonchev–Trinajstić information content (AvgIpc) is 3.09. The first-order chi connectivity index (χ1) is 14.6. The summed E-state index contributed by atoms with van der Waals surface area (Å²) in [5.74, 6) is 5.80. The van der Waals surface area contributed by atoms with E-state index in [-0.39, 0.29) is 6.10 Å². The molecule has 1 N–H and O–H groups in total. The lowest BCUT2D eigenvalue weighted by molar-refractivity contribution is -0.0565. The van der Waals surface area contributed by atoms with E-state index in [0.717, 1.165) is 48.3 Å². The van der Waals surface area contributed by atoms with Crippen LogP contribution in [0, 0.1) is 52.3 Å². The van der Waals surface area contributed by atoms with E-state index in [9.17, 15) is 5.11 Å². The molecule has 9 atom stereocenters. The molecule has 0 amide bonds. The van der Waals surface area contributed by atoms with Crippen molar-refractivity contribution in [2.24, 2.45) is 52.3 Å². The molecular weight excluding hydrogens is 376 g/mol. The van der Waals surface area contributed by atoms with Crippen LogP contribution in [0.3, 0.4) is 0 Å². The maximum absolute atomic E-state index is 10.3. The second-order valence-corrected chi connectivity index (χ2v) is 13.1. The van der Waals surface area contributed by atoms with E-state index in [4.69, 9.17) is 0 Å². The molecule has 0 bridgehead atoms. The van der Waals surface area contributed by atoms with Crippen molar-refractivity contribution in [3.8, 4) is 0 Å². The van der Waals surface area contributed by atoms with Gasteiger partial charge in [-0.25, -0.2) is 0 Å². The number of hydrogen-bond donors (Lipinski definition) is 1. The molecule has 1 nitrogen and oxygen atoms in total. The third-order valence-corrected chi connectivity index (χ3v) is 11.4. The van der Waals surface area contributed by atoms with E-state index < -0.39 is 0 Å². The Morgan fingerprint density at radius 1 is 1.06 bits per heavy atom. The third-order valence-electron chi connectivity index (χ3n) is 11.4. The Morgan fingerprint density at radius 2 is 1.81 bits per heavy atom. The molecule has 0 aromatic carbocycles. The molecule has 4 aliphatic rings. The van der Waals surface area contributed by atoms with Crippen molar-refractivity contribution in [3.05, 3.63) is 23.3 Å². The molecule has 31 heavy (non-hydrogen) atoms. The van der Waals surface area contributed by atoms with Crippen LogP contribution in [0.15, 0.2) is 23.3 Å². The van der Waals surface area contributed by atoms with Crippen LogP contribution in [0.5, 0.6) is 0 Å². The van der Waals surface area contributed by atoms with Gasteiger partial charge in [-0.05, 0) is 117 Å². The minimum atomic E-state index is -0.0867. The lowest BCUT2D eigenvalue weighted by Gasteiger charge is -2.58. The minimum Gasteiger partial charge on any atom is -0.393 e. The summed E-state index contributed by atoms with van der Waals surface area (Å²) in [6, 6.07) is 0. The first-order valence-electron chi connectivity index (χ1n) is 13.6. The zero-order chi connectivity index (χ0) is 22.6. The quantitative estimate of drug-likeness (QED) is 0.439. The van der Waals surface area contributed by atoms with Crippen LogP contribution in [-0.2, 0) is 0 Å². The Labute approximate surface area is 193 Å². The summed E-state index contributed by atoms with van der Waals surface area (Å²) in [5, 5.41) is 10.3. The molecule has 0 aromatic rings. The van der Waals surface area contributed by atoms with Crippen LogP contribution in [0.4, 0.5) is 0 Å². The van der Waals surface area contributed by atoms with Crippen molar-refractivity contribution < 1.29 is 5.11 Å². The largest absolute Gasteiger partial charge is 0.393 e. The van der Waals surface area contributed by atoms with E-state index in [1.165, 1.54) is 44.9 Å². The summed E-state index contributed by atoms with van der Waals surface area (Å²) in [6.07, 6.45) is 16.6. The molecule has 1 heteroatoms. The summed E-state index contributed by atoms with van der Waals surface area (Å²) >= 11 is 0. The predicted octanol–water partition coefficient (Wildman–Crippen LogP) is 8.19. The molecule has 0 aromatic heterocycles. The highest BCUT2D eigenvalue weighted by Gasteiger charge is 2.59. The molecule has 0 saturated heterocycles.